The molecule has 6 heteroatoms. The highest BCUT2D eigenvalue weighted by molar-refractivity contribution is 4.43. The predicted molar refractivity (Wildman–Crippen MR) is 65.5 cm³/mol. The Hall–Kier alpha value is -0.240. The van der Waals surface area contributed by atoms with Gasteiger partial charge in [-0.25, -0.2) is 5.84 Å². The van der Waals surface area contributed by atoms with Gasteiger partial charge in [-0.05, 0) is 19.3 Å². The summed E-state index contributed by atoms with van der Waals surface area (Å²) >= 11 is 0. The van der Waals surface area contributed by atoms with Crippen molar-refractivity contribution >= 4 is 0 Å². The van der Waals surface area contributed by atoms with Gasteiger partial charge in [0.15, 0.2) is 0 Å². The molecule has 0 fully saturated rings. The normalized spacial score (nSPS) is 11.2. The molecular weight excluding hydrogens is 206 g/mol. The van der Waals surface area contributed by atoms with Gasteiger partial charge in [0, 0.05) is 19.6 Å². The fourth-order valence-electron chi connectivity index (χ4n) is 1.29. The lowest BCUT2D eigenvalue weighted by atomic mass is 10.2. The number of unbranched alkanes of at least 4 members (excludes halogenated alkanes) is 4. The number of hydrogen-bond donors (Lipinski definition) is 4. The van der Waals surface area contributed by atoms with Crippen molar-refractivity contribution in [3.8, 4) is 0 Å². The number of rotatable bonds is 12. The monoisotopic (exact) mass is 233 g/mol. The zero-order valence-corrected chi connectivity index (χ0v) is 10.4. The number of nitrogens with one attached hydrogen (secondary N) is 2. The highest BCUT2D eigenvalue weighted by Crippen LogP contribution is 1.97. The molecule has 0 saturated carbocycles. The highest BCUT2D eigenvalue weighted by atomic mass is 16.8. The molecule has 0 radical (unpaired) electrons. The van der Waals surface area contributed by atoms with Gasteiger partial charge in [0.25, 0.3) is 0 Å². The smallest absolute Gasteiger partial charge is 0.0419 e. The van der Waals surface area contributed by atoms with Crippen LogP contribution in [-0.4, -0.2) is 24.8 Å². The van der Waals surface area contributed by atoms with Gasteiger partial charge >= 0.3 is 0 Å². The van der Waals surface area contributed by atoms with E-state index in [1.54, 1.807) is 0 Å². The van der Waals surface area contributed by atoms with Crippen LogP contribution in [-0.2, 0) is 4.94 Å². The second kappa shape index (κ2) is 12.8. The molecule has 0 aliphatic heterocycles. The fourth-order valence-corrected chi connectivity index (χ4v) is 1.29. The molecule has 0 aromatic carbocycles. The van der Waals surface area contributed by atoms with E-state index < -0.39 is 0 Å². The first kappa shape index (κ1) is 15.8. The maximum absolute atomic E-state index is 5.59. The summed E-state index contributed by atoms with van der Waals surface area (Å²) in [4.78, 5) is 5.11. The Morgan fingerprint density at radius 2 is 1.81 bits per heavy atom. The van der Waals surface area contributed by atoms with Gasteiger partial charge < -0.3 is 0 Å². The van der Waals surface area contributed by atoms with Crippen LogP contribution in [0.4, 0.5) is 0 Å². The van der Waals surface area contributed by atoms with Crippen molar-refractivity contribution < 1.29 is 4.94 Å². The third-order valence-corrected chi connectivity index (χ3v) is 2.26. The molecule has 0 rings (SSSR count). The first-order valence-corrected chi connectivity index (χ1v) is 6.16. The minimum Gasteiger partial charge on any atom is -0.271 e. The first-order valence-electron chi connectivity index (χ1n) is 6.16. The van der Waals surface area contributed by atoms with E-state index in [-0.39, 0.29) is 0 Å². The zero-order chi connectivity index (χ0) is 12.1. The number of hydrogen-bond acceptors (Lipinski definition) is 6. The molecule has 0 bridgehead atoms. The molecule has 0 aromatic heterocycles. The van der Waals surface area contributed by atoms with E-state index in [1.807, 2.05) is 0 Å². The molecule has 0 unspecified atom stereocenters. The Morgan fingerprint density at radius 3 is 2.50 bits per heavy atom. The third-order valence-electron chi connectivity index (χ3n) is 2.26. The maximum atomic E-state index is 5.59. The Bertz CT molecular complexity index is 136. The van der Waals surface area contributed by atoms with E-state index in [1.165, 1.54) is 24.4 Å². The summed E-state index contributed by atoms with van der Waals surface area (Å²) < 4.78 is 0. The van der Waals surface area contributed by atoms with E-state index in [0.29, 0.717) is 6.54 Å². The van der Waals surface area contributed by atoms with Gasteiger partial charge in [0.1, 0.15) is 0 Å². The topological polar surface area (TPSA) is 88.6 Å². The van der Waals surface area contributed by atoms with Crippen molar-refractivity contribution in [1.29, 1.82) is 0 Å². The molecule has 0 aliphatic rings. The quantitative estimate of drug-likeness (QED) is 0.222. The average Bonchev–Trinajstić information content (AvgIpc) is 2.29. The van der Waals surface area contributed by atoms with Gasteiger partial charge in [0.05, 0.1) is 0 Å². The van der Waals surface area contributed by atoms with Crippen LogP contribution in [0.3, 0.4) is 0 Å². The summed E-state index contributed by atoms with van der Waals surface area (Å²) in [6.45, 7) is 4.54. The number of hydrazine groups is 2. The summed E-state index contributed by atoms with van der Waals surface area (Å²) in [5.41, 5.74) is 5.44. The molecule has 16 heavy (non-hydrogen) atoms. The lowest BCUT2D eigenvalue weighted by Crippen LogP contribution is -2.38. The summed E-state index contributed by atoms with van der Waals surface area (Å²) in [5, 5.41) is 1.33. The molecule has 0 saturated heterocycles. The van der Waals surface area contributed by atoms with Crippen molar-refractivity contribution in [2.75, 3.05) is 19.6 Å². The Labute approximate surface area is 98.5 Å². The lowest BCUT2D eigenvalue weighted by Gasteiger charge is -2.15. The summed E-state index contributed by atoms with van der Waals surface area (Å²) in [7, 11) is 0. The SMILES string of the molecule is CCCCCCNON(N)CCCCNN. The molecule has 0 amide bonds. The van der Waals surface area contributed by atoms with Crippen LogP contribution >= 0.6 is 0 Å². The van der Waals surface area contributed by atoms with Gasteiger partial charge in [0.2, 0.25) is 0 Å². The van der Waals surface area contributed by atoms with Crippen molar-refractivity contribution in [2.24, 2.45) is 11.7 Å². The van der Waals surface area contributed by atoms with Crippen LogP contribution < -0.4 is 22.6 Å². The Morgan fingerprint density at radius 1 is 1.06 bits per heavy atom. The Balaban J connectivity index is 3.08. The third kappa shape index (κ3) is 11.8. The van der Waals surface area contributed by atoms with Crippen LogP contribution in [0.5, 0.6) is 0 Å². The molecule has 0 spiro atoms. The van der Waals surface area contributed by atoms with Gasteiger partial charge in [-0.15, -0.1) is 5.17 Å². The van der Waals surface area contributed by atoms with Crippen LogP contribution in [0.15, 0.2) is 0 Å². The van der Waals surface area contributed by atoms with E-state index in [9.17, 15) is 0 Å². The Kier molecular flexibility index (Phi) is 12.6. The molecular formula is C10H27N5O. The van der Waals surface area contributed by atoms with Crippen LogP contribution in [0.25, 0.3) is 0 Å². The zero-order valence-electron chi connectivity index (χ0n) is 10.4. The molecule has 0 aliphatic carbocycles. The summed E-state index contributed by atoms with van der Waals surface area (Å²) in [6, 6.07) is 0. The van der Waals surface area contributed by atoms with E-state index in [2.05, 4.69) is 17.8 Å². The van der Waals surface area contributed by atoms with Crippen molar-refractivity contribution in [1.82, 2.24) is 16.1 Å². The van der Waals surface area contributed by atoms with Crippen LogP contribution in [0, 0.1) is 0 Å². The number of nitrogens with zero attached hydrogens (tertiary/aromatic N) is 1. The molecule has 0 heterocycles. The van der Waals surface area contributed by atoms with Crippen molar-refractivity contribution in [3.05, 3.63) is 0 Å². The van der Waals surface area contributed by atoms with Gasteiger partial charge in [-0.3, -0.25) is 11.3 Å². The van der Waals surface area contributed by atoms with Gasteiger partial charge in [-0.1, -0.05) is 26.2 Å². The van der Waals surface area contributed by atoms with Crippen LogP contribution in [0.2, 0.25) is 0 Å². The largest absolute Gasteiger partial charge is 0.271 e. The van der Waals surface area contributed by atoms with E-state index in [4.69, 9.17) is 16.6 Å². The number of nitrogens with two attached hydrogens (primary N) is 2. The minimum atomic E-state index is 0.698. The van der Waals surface area contributed by atoms with Gasteiger partial charge in [-0.2, -0.15) is 10.4 Å². The van der Waals surface area contributed by atoms with Crippen molar-refractivity contribution in [3.63, 3.8) is 0 Å². The molecule has 6 nitrogen and oxygen atoms in total. The highest BCUT2D eigenvalue weighted by Gasteiger charge is 1.98. The fraction of sp³-hybridized carbons (Fsp3) is 1.00. The number of hydroxylamine groups is 2. The standard InChI is InChI=1S/C10H27N5O/c1-2-3-4-5-9-14-16-15(12)10-7-6-8-13-11/h13-14H,2-12H2,1H3. The molecule has 0 atom stereocenters. The second-order valence-corrected chi connectivity index (χ2v) is 3.85. The van der Waals surface area contributed by atoms with Crippen LogP contribution in [0.1, 0.15) is 45.4 Å². The predicted octanol–water partition coefficient (Wildman–Crippen LogP) is 0.422. The average molecular weight is 233 g/mol. The van der Waals surface area contributed by atoms with E-state index >= 15 is 0 Å². The molecule has 98 valence electrons. The second-order valence-electron chi connectivity index (χ2n) is 3.85. The first-order chi connectivity index (χ1) is 7.81. The lowest BCUT2D eigenvalue weighted by molar-refractivity contribution is -0.213. The van der Waals surface area contributed by atoms with E-state index in [0.717, 1.165) is 32.4 Å². The summed E-state index contributed by atoms with van der Waals surface area (Å²) in [6.07, 6.45) is 6.83. The summed E-state index contributed by atoms with van der Waals surface area (Å²) in [5.74, 6) is 10.7. The minimum absolute atomic E-state index is 0.698. The molecule has 6 N–H and O–H groups in total. The maximum Gasteiger partial charge on any atom is 0.0419 e. The molecule has 0 aromatic rings. The van der Waals surface area contributed by atoms with Crippen molar-refractivity contribution in [2.45, 2.75) is 45.4 Å².